The number of benzene rings is 3. The molecule has 0 saturated heterocycles. The van der Waals surface area contributed by atoms with Gasteiger partial charge in [-0.25, -0.2) is 10.4 Å². The smallest absolute Gasteiger partial charge is 0.250 e. The van der Waals surface area contributed by atoms with E-state index in [9.17, 15) is 4.79 Å². The molecule has 0 bridgehead atoms. The molecule has 0 atom stereocenters. The number of hydrogen-bond acceptors (Lipinski definition) is 5. The summed E-state index contributed by atoms with van der Waals surface area (Å²) < 4.78 is 5.72. The molecule has 6 nitrogen and oxygen atoms in total. The lowest BCUT2D eigenvalue weighted by molar-refractivity contribution is -0.118. The normalized spacial score (nSPS) is 11.3. The van der Waals surface area contributed by atoms with Crippen molar-refractivity contribution >= 4 is 45.7 Å². The molecule has 0 spiro atoms. The van der Waals surface area contributed by atoms with Crippen molar-refractivity contribution < 1.29 is 9.53 Å². The fourth-order valence-corrected chi connectivity index (χ4v) is 3.70. The van der Waals surface area contributed by atoms with Crippen molar-refractivity contribution in [3.05, 3.63) is 66.2 Å². The number of aromatic amines is 1. The van der Waals surface area contributed by atoms with Crippen LogP contribution in [0.3, 0.4) is 0 Å². The number of rotatable bonds is 7. The molecule has 4 aromatic rings. The first kappa shape index (κ1) is 19.0. The Hall–Kier alpha value is -3.32. The van der Waals surface area contributed by atoms with Gasteiger partial charge in [-0.2, -0.15) is 5.10 Å². The molecule has 0 radical (unpaired) electrons. The molecular formula is C22H20N4O2S. The van der Waals surface area contributed by atoms with Gasteiger partial charge in [-0.15, -0.1) is 0 Å². The van der Waals surface area contributed by atoms with E-state index in [0.29, 0.717) is 11.8 Å². The minimum absolute atomic E-state index is 0.204. The molecule has 3 aromatic carbocycles. The number of imidazole rings is 1. The molecule has 0 saturated carbocycles. The monoisotopic (exact) mass is 404 g/mol. The summed E-state index contributed by atoms with van der Waals surface area (Å²) in [5, 5.41) is 6.96. The van der Waals surface area contributed by atoms with Crippen LogP contribution in [0, 0.1) is 0 Å². The SMILES string of the molecule is CCOc1ccc2ccccc2c1/C=N\NC(=O)CSc1nc2ccccc2[nH]1. The van der Waals surface area contributed by atoms with Crippen LogP contribution in [0.2, 0.25) is 0 Å². The van der Waals surface area contributed by atoms with E-state index in [1.165, 1.54) is 11.8 Å². The zero-order valence-corrected chi connectivity index (χ0v) is 16.7. The van der Waals surface area contributed by atoms with E-state index in [2.05, 4.69) is 20.5 Å². The molecule has 0 fully saturated rings. The van der Waals surface area contributed by atoms with Crippen LogP contribution in [-0.2, 0) is 4.79 Å². The van der Waals surface area contributed by atoms with Gasteiger partial charge in [-0.3, -0.25) is 4.79 Å². The van der Waals surface area contributed by atoms with Crippen molar-refractivity contribution in [2.24, 2.45) is 5.10 Å². The highest BCUT2D eigenvalue weighted by molar-refractivity contribution is 7.99. The third-order valence-corrected chi connectivity index (χ3v) is 5.19. The van der Waals surface area contributed by atoms with Crippen molar-refractivity contribution in [1.82, 2.24) is 15.4 Å². The standard InChI is InChI=1S/C22H20N4O2S/c1-2-28-20-12-11-15-7-3-4-8-16(15)17(20)13-23-26-21(27)14-29-22-24-18-9-5-6-10-19(18)25-22/h3-13H,2,14H2,1H3,(H,24,25)(H,26,27)/b23-13-. The van der Waals surface area contributed by atoms with Crippen LogP contribution in [-0.4, -0.2) is 34.4 Å². The summed E-state index contributed by atoms with van der Waals surface area (Å²) >= 11 is 1.34. The second kappa shape index (κ2) is 8.79. The molecule has 4 rings (SSSR count). The van der Waals surface area contributed by atoms with E-state index < -0.39 is 0 Å². The number of aromatic nitrogens is 2. The Kier molecular flexibility index (Phi) is 5.76. The van der Waals surface area contributed by atoms with Crippen molar-refractivity contribution in [1.29, 1.82) is 0 Å². The van der Waals surface area contributed by atoms with Crippen molar-refractivity contribution in [3.8, 4) is 5.75 Å². The molecule has 1 heterocycles. The number of fused-ring (bicyclic) bond motifs is 2. The average molecular weight is 404 g/mol. The lowest BCUT2D eigenvalue weighted by atomic mass is 10.0. The lowest BCUT2D eigenvalue weighted by Gasteiger charge is -2.10. The minimum Gasteiger partial charge on any atom is -0.493 e. The Morgan fingerprint density at radius 2 is 2.00 bits per heavy atom. The van der Waals surface area contributed by atoms with E-state index in [1.54, 1.807) is 6.21 Å². The van der Waals surface area contributed by atoms with Gasteiger partial charge in [0.2, 0.25) is 0 Å². The summed E-state index contributed by atoms with van der Waals surface area (Å²) in [4.78, 5) is 19.8. The van der Waals surface area contributed by atoms with Gasteiger partial charge in [0.25, 0.3) is 5.91 Å². The maximum atomic E-state index is 12.2. The number of H-pyrrole nitrogens is 1. The number of hydrazone groups is 1. The fraction of sp³-hybridized carbons (Fsp3) is 0.136. The third kappa shape index (κ3) is 4.41. The lowest BCUT2D eigenvalue weighted by Crippen LogP contribution is -2.19. The van der Waals surface area contributed by atoms with Gasteiger partial charge in [0.1, 0.15) is 5.75 Å². The van der Waals surface area contributed by atoms with Gasteiger partial charge in [0.15, 0.2) is 5.16 Å². The van der Waals surface area contributed by atoms with Gasteiger partial charge in [-0.05, 0) is 35.9 Å². The number of nitrogens with one attached hydrogen (secondary N) is 2. The average Bonchev–Trinajstić information content (AvgIpc) is 3.17. The highest BCUT2D eigenvalue weighted by Gasteiger charge is 2.08. The maximum Gasteiger partial charge on any atom is 0.250 e. The zero-order valence-electron chi connectivity index (χ0n) is 15.9. The summed E-state index contributed by atoms with van der Waals surface area (Å²) in [7, 11) is 0. The number of carbonyl (C=O) groups is 1. The van der Waals surface area contributed by atoms with Crippen LogP contribution in [0.25, 0.3) is 21.8 Å². The van der Waals surface area contributed by atoms with E-state index in [0.717, 1.165) is 33.1 Å². The highest BCUT2D eigenvalue weighted by Crippen LogP contribution is 2.26. The van der Waals surface area contributed by atoms with Crippen molar-refractivity contribution in [2.45, 2.75) is 12.1 Å². The van der Waals surface area contributed by atoms with Gasteiger partial charge in [0, 0.05) is 5.56 Å². The fourth-order valence-electron chi connectivity index (χ4n) is 3.02. The Morgan fingerprint density at radius 1 is 1.17 bits per heavy atom. The quantitative estimate of drug-likeness (QED) is 0.273. The van der Waals surface area contributed by atoms with Gasteiger partial charge in [-0.1, -0.05) is 54.2 Å². The van der Waals surface area contributed by atoms with Crippen LogP contribution >= 0.6 is 11.8 Å². The summed E-state index contributed by atoms with van der Waals surface area (Å²) in [6.45, 7) is 2.49. The topological polar surface area (TPSA) is 79.4 Å². The summed E-state index contributed by atoms with van der Waals surface area (Å²) in [5.41, 5.74) is 5.26. The van der Waals surface area contributed by atoms with E-state index >= 15 is 0 Å². The maximum absolute atomic E-state index is 12.2. The van der Waals surface area contributed by atoms with E-state index in [1.807, 2.05) is 67.6 Å². The number of amides is 1. The predicted octanol–water partition coefficient (Wildman–Crippen LogP) is 4.36. The molecule has 0 aliphatic carbocycles. The second-order valence-electron chi connectivity index (χ2n) is 6.27. The molecular weight excluding hydrogens is 384 g/mol. The van der Waals surface area contributed by atoms with Crippen molar-refractivity contribution in [3.63, 3.8) is 0 Å². The number of nitrogens with zero attached hydrogens (tertiary/aromatic N) is 2. The number of thioether (sulfide) groups is 1. The number of hydrogen-bond donors (Lipinski definition) is 2. The molecule has 0 unspecified atom stereocenters. The van der Waals surface area contributed by atoms with Crippen molar-refractivity contribution in [2.75, 3.05) is 12.4 Å². The molecule has 1 aromatic heterocycles. The minimum atomic E-state index is -0.204. The summed E-state index contributed by atoms with van der Waals surface area (Å²) in [6.07, 6.45) is 1.64. The molecule has 0 aliphatic heterocycles. The third-order valence-electron chi connectivity index (χ3n) is 4.32. The molecule has 2 N–H and O–H groups in total. The van der Waals surface area contributed by atoms with Crippen LogP contribution < -0.4 is 10.2 Å². The highest BCUT2D eigenvalue weighted by atomic mass is 32.2. The van der Waals surface area contributed by atoms with Crippen LogP contribution in [0.5, 0.6) is 5.75 Å². The Balaban J connectivity index is 1.42. The summed E-state index contributed by atoms with van der Waals surface area (Å²) in [6, 6.07) is 19.7. The number of carbonyl (C=O) groups excluding carboxylic acids is 1. The Bertz CT molecular complexity index is 1150. The van der Waals surface area contributed by atoms with Gasteiger partial charge < -0.3 is 9.72 Å². The first-order valence-electron chi connectivity index (χ1n) is 9.28. The Labute approximate surface area is 172 Å². The molecule has 29 heavy (non-hydrogen) atoms. The Morgan fingerprint density at radius 3 is 2.86 bits per heavy atom. The molecule has 7 heteroatoms. The van der Waals surface area contributed by atoms with Crippen LogP contribution in [0.15, 0.2) is 70.9 Å². The summed E-state index contributed by atoms with van der Waals surface area (Å²) in [5.74, 6) is 0.746. The molecule has 0 aliphatic rings. The van der Waals surface area contributed by atoms with Crippen LogP contribution in [0.1, 0.15) is 12.5 Å². The predicted molar refractivity (Wildman–Crippen MR) is 118 cm³/mol. The van der Waals surface area contributed by atoms with Crippen LogP contribution in [0.4, 0.5) is 0 Å². The zero-order chi connectivity index (χ0) is 20.1. The van der Waals surface area contributed by atoms with E-state index in [4.69, 9.17) is 4.74 Å². The first-order chi connectivity index (χ1) is 14.2. The molecule has 146 valence electrons. The van der Waals surface area contributed by atoms with Gasteiger partial charge in [0.05, 0.1) is 29.6 Å². The molecule has 1 amide bonds. The second-order valence-corrected chi connectivity index (χ2v) is 7.24. The number of para-hydroxylation sites is 2. The van der Waals surface area contributed by atoms with Gasteiger partial charge >= 0.3 is 0 Å². The first-order valence-corrected chi connectivity index (χ1v) is 10.3. The number of ether oxygens (including phenoxy) is 1. The largest absolute Gasteiger partial charge is 0.493 e. The van der Waals surface area contributed by atoms with E-state index in [-0.39, 0.29) is 11.7 Å².